The fraction of sp³-hybridized carbons (Fsp3) is 0.0455. The van der Waals surface area contributed by atoms with Crippen molar-refractivity contribution in [2.24, 2.45) is 0 Å². The number of hydrogen-bond acceptors (Lipinski definition) is 3. The summed E-state index contributed by atoms with van der Waals surface area (Å²) in [6, 6.07) is 14.1. The third-order valence-corrected chi connectivity index (χ3v) is 5.72. The van der Waals surface area contributed by atoms with Crippen molar-refractivity contribution in [2.45, 2.75) is 6.92 Å². The number of fused-ring (bicyclic) bond motifs is 1. The lowest BCUT2D eigenvalue weighted by molar-refractivity contribution is 0.0925. The first kappa shape index (κ1) is 20.4. The Labute approximate surface area is 187 Å². The smallest absolute Gasteiger partial charge is 0.266 e. The second kappa shape index (κ2) is 7.76. The number of anilines is 2. The average Bonchev–Trinajstić information content (AvgIpc) is 2.95. The Bertz CT molecular complexity index is 1180. The maximum absolute atomic E-state index is 12.7. The van der Waals surface area contributed by atoms with E-state index in [-0.39, 0.29) is 27.1 Å². The van der Waals surface area contributed by atoms with Crippen molar-refractivity contribution in [3.8, 4) is 0 Å². The average molecular weight is 460 g/mol. The molecule has 3 aromatic rings. The number of hydrogen-bond donors (Lipinski definition) is 1. The van der Waals surface area contributed by atoms with E-state index < -0.39 is 11.8 Å². The molecule has 5 nitrogen and oxygen atoms in total. The van der Waals surface area contributed by atoms with Crippen molar-refractivity contribution in [3.63, 3.8) is 0 Å². The zero-order valence-electron chi connectivity index (χ0n) is 15.5. The Hall–Kier alpha value is -2.86. The number of amides is 3. The van der Waals surface area contributed by atoms with E-state index >= 15 is 0 Å². The van der Waals surface area contributed by atoms with E-state index in [2.05, 4.69) is 5.32 Å². The predicted molar refractivity (Wildman–Crippen MR) is 118 cm³/mol. The number of rotatable bonds is 3. The molecule has 1 aliphatic rings. The van der Waals surface area contributed by atoms with Gasteiger partial charge < -0.3 is 5.32 Å². The molecule has 4 rings (SSSR count). The van der Waals surface area contributed by atoms with Gasteiger partial charge in [0.15, 0.2) is 0 Å². The normalized spacial score (nSPS) is 12.9. The molecule has 1 heterocycles. The van der Waals surface area contributed by atoms with E-state index in [0.29, 0.717) is 22.0 Å². The number of benzene rings is 3. The molecule has 0 spiro atoms. The number of nitrogens with zero attached hydrogens (tertiary/aromatic N) is 1. The molecule has 0 unspecified atom stereocenters. The second-order valence-electron chi connectivity index (χ2n) is 6.72. The zero-order valence-corrected chi connectivity index (χ0v) is 17.8. The van der Waals surface area contributed by atoms with Crippen LogP contribution in [0.2, 0.25) is 15.1 Å². The lowest BCUT2D eigenvalue weighted by Gasteiger charge is -2.14. The first-order valence-electron chi connectivity index (χ1n) is 8.81. The van der Waals surface area contributed by atoms with Crippen molar-refractivity contribution < 1.29 is 14.4 Å². The molecular formula is C22H13Cl3N2O3. The summed E-state index contributed by atoms with van der Waals surface area (Å²) in [6.45, 7) is 1.86. The minimum Gasteiger partial charge on any atom is -0.322 e. The number of nitrogens with one attached hydrogen (secondary N) is 1. The van der Waals surface area contributed by atoms with Crippen LogP contribution in [0.25, 0.3) is 0 Å². The van der Waals surface area contributed by atoms with Gasteiger partial charge in [-0.2, -0.15) is 0 Å². The van der Waals surface area contributed by atoms with E-state index in [0.717, 1.165) is 10.5 Å². The molecule has 1 N–H and O–H groups in total. The molecule has 3 aromatic carbocycles. The molecule has 0 radical (unpaired) electrons. The highest BCUT2D eigenvalue weighted by molar-refractivity contribution is 6.44. The maximum Gasteiger partial charge on any atom is 0.266 e. The van der Waals surface area contributed by atoms with Gasteiger partial charge in [0.05, 0.1) is 26.9 Å². The van der Waals surface area contributed by atoms with Crippen LogP contribution in [0.5, 0.6) is 0 Å². The number of imide groups is 1. The molecule has 0 saturated heterocycles. The standard InChI is InChI=1S/C22H13Cl3N2O3/c1-11-2-5-13(23)8-19(11)26-20(28)12-3-6-14(7-4-12)27-21(29)15-9-17(24)18(25)10-16(15)22(27)30/h2-10H,1H3,(H,26,28). The molecular weight excluding hydrogens is 447 g/mol. The van der Waals surface area contributed by atoms with Crippen molar-refractivity contribution in [1.82, 2.24) is 0 Å². The molecule has 0 aliphatic carbocycles. The van der Waals surface area contributed by atoms with Crippen LogP contribution in [-0.2, 0) is 0 Å². The summed E-state index contributed by atoms with van der Waals surface area (Å²) in [5.41, 5.74) is 2.54. The van der Waals surface area contributed by atoms with E-state index in [1.54, 1.807) is 12.1 Å². The van der Waals surface area contributed by atoms with Crippen molar-refractivity contribution in [3.05, 3.63) is 91.9 Å². The molecule has 0 saturated carbocycles. The molecule has 3 amide bonds. The summed E-state index contributed by atoms with van der Waals surface area (Å²) in [4.78, 5) is 39.0. The van der Waals surface area contributed by atoms with Gasteiger partial charge in [0.2, 0.25) is 0 Å². The molecule has 8 heteroatoms. The van der Waals surface area contributed by atoms with Gasteiger partial charge >= 0.3 is 0 Å². The molecule has 150 valence electrons. The first-order chi connectivity index (χ1) is 14.3. The van der Waals surface area contributed by atoms with E-state index in [9.17, 15) is 14.4 Å². The van der Waals surface area contributed by atoms with Crippen molar-refractivity contribution in [2.75, 3.05) is 10.2 Å². The van der Waals surface area contributed by atoms with Crippen LogP contribution in [0.1, 0.15) is 36.6 Å². The minimum absolute atomic E-state index is 0.188. The number of halogens is 3. The molecule has 30 heavy (non-hydrogen) atoms. The maximum atomic E-state index is 12.7. The Morgan fingerprint density at radius 3 is 1.97 bits per heavy atom. The van der Waals surface area contributed by atoms with Crippen LogP contribution in [0.4, 0.5) is 11.4 Å². The van der Waals surface area contributed by atoms with Crippen LogP contribution < -0.4 is 10.2 Å². The third-order valence-electron chi connectivity index (χ3n) is 4.76. The topological polar surface area (TPSA) is 66.5 Å². The van der Waals surface area contributed by atoms with Crippen molar-refractivity contribution in [1.29, 1.82) is 0 Å². The summed E-state index contributed by atoms with van der Waals surface area (Å²) >= 11 is 17.9. The van der Waals surface area contributed by atoms with Gasteiger partial charge in [-0.25, -0.2) is 4.90 Å². The molecule has 0 aromatic heterocycles. The van der Waals surface area contributed by atoms with Crippen LogP contribution >= 0.6 is 34.8 Å². The Kier molecular flexibility index (Phi) is 5.28. The summed E-state index contributed by atoms with van der Waals surface area (Å²) in [5, 5.41) is 3.70. The van der Waals surface area contributed by atoms with Gasteiger partial charge in [-0.3, -0.25) is 14.4 Å². The number of carbonyl (C=O) groups excluding carboxylic acids is 3. The lowest BCUT2D eigenvalue weighted by atomic mass is 10.1. The summed E-state index contributed by atoms with van der Waals surface area (Å²) < 4.78 is 0. The SMILES string of the molecule is Cc1ccc(Cl)cc1NC(=O)c1ccc(N2C(=O)c3cc(Cl)c(Cl)cc3C2=O)cc1. The monoisotopic (exact) mass is 458 g/mol. The summed E-state index contributed by atoms with van der Waals surface area (Å²) in [7, 11) is 0. The number of carbonyl (C=O) groups is 3. The lowest BCUT2D eigenvalue weighted by Crippen LogP contribution is -2.29. The summed E-state index contributed by atoms with van der Waals surface area (Å²) in [6.07, 6.45) is 0. The Morgan fingerprint density at radius 2 is 1.40 bits per heavy atom. The largest absolute Gasteiger partial charge is 0.322 e. The molecule has 0 bridgehead atoms. The van der Waals surface area contributed by atoms with Crippen LogP contribution in [0.15, 0.2) is 54.6 Å². The third kappa shape index (κ3) is 3.56. The first-order valence-corrected chi connectivity index (χ1v) is 9.95. The van der Waals surface area contributed by atoms with E-state index in [1.807, 2.05) is 13.0 Å². The highest BCUT2D eigenvalue weighted by atomic mass is 35.5. The van der Waals surface area contributed by atoms with Crippen LogP contribution in [0, 0.1) is 6.92 Å². The quantitative estimate of drug-likeness (QED) is 0.488. The number of aryl methyl sites for hydroxylation is 1. The highest BCUT2D eigenvalue weighted by Gasteiger charge is 2.37. The van der Waals surface area contributed by atoms with E-state index in [1.165, 1.54) is 36.4 Å². The predicted octanol–water partition coefficient (Wildman–Crippen LogP) is 6.01. The van der Waals surface area contributed by atoms with Gasteiger partial charge in [-0.05, 0) is 61.0 Å². The van der Waals surface area contributed by atoms with Crippen LogP contribution in [-0.4, -0.2) is 17.7 Å². The Morgan fingerprint density at radius 1 is 0.833 bits per heavy atom. The van der Waals surface area contributed by atoms with Gasteiger partial charge in [0.25, 0.3) is 17.7 Å². The van der Waals surface area contributed by atoms with Crippen LogP contribution in [0.3, 0.4) is 0 Å². The second-order valence-corrected chi connectivity index (χ2v) is 7.97. The molecule has 0 atom stereocenters. The molecule has 0 fully saturated rings. The fourth-order valence-electron chi connectivity index (χ4n) is 3.15. The highest BCUT2D eigenvalue weighted by Crippen LogP contribution is 2.34. The van der Waals surface area contributed by atoms with Gasteiger partial charge in [-0.15, -0.1) is 0 Å². The van der Waals surface area contributed by atoms with Gasteiger partial charge in [-0.1, -0.05) is 40.9 Å². The van der Waals surface area contributed by atoms with E-state index in [4.69, 9.17) is 34.8 Å². The van der Waals surface area contributed by atoms with Gasteiger partial charge in [0.1, 0.15) is 0 Å². The van der Waals surface area contributed by atoms with Gasteiger partial charge in [0, 0.05) is 16.3 Å². The fourth-order valence-corrected chi connectivity index (χ4v) is 3.65. The summed E-state index contributed by atoms with van der Waals surface area (Å²) in [5.74, 6) is -1.34. The molecule has 1 aliphatic heterocycles. The Balaban J connectivity index is 1.58. The minimum atomic E-state index is -0.500. The van der Waals surface area contributed by atoms with Crippen molar-refractivity contribution >= 4 is 63.9 Å². The zero-order chi connectivity index (χ0) is 21.6.